The molecule has 1 aliphatic heterocycles. The van der Waals surface area contributed by atoms with Crippen LogP contribution in [0.1, 0.15) is 6.42 Å². The Kier molecular flexibility index (Phi) is 1.77. The Morgan fingerprint density at radius 3 is 2.77 bits per heavy atom. The van der Waals surface area contributed by atoms with Gasteiger partial charge in [-0.25, -0.2) is 0 Å². The lowest BCUT2D eigenvalue weighted by Gasteiger charge is -2.07. The van der Waals surface area contributed by atoms with Crippen molar-refractivity contribution in [2.24, 2.45) is 0 Å². The zero-order valence-corrected chi connectivity index (χ0v) is 7.16. The second kappa shape index (κ2) is 2.81. The fraction of sp³-hybridized carbons (Fsp3) is 0.333. The number of hydrogen-bond donors (Lipinski definition) is 1. The minimum Gasteiger partial charge on any atom is -0.361 e. The number of carbonyl (C=O) groups is 2. The second-order valence-electron chi connectivity index (χ2n) is 3.03. The molecule has 4 heteroatoms. The molecule has 0 radical (unpaired) electrons. The lowest BCUT2D eigenvalue weighted by Crippen LogP contribution is -2.23. The normalized spacial score (nSPS) is 26.4. The van der Waals surface area contributed by atoms with E-state index in [0.29, 0.717) is 6.42 Å². The summed E-state index contributed by atoms with van der Waals surface area (Å²) in [6.07, 6.45) is 3.23. The molecular weight excluding hydrogens is 170 g/mol. The van der Waals surface area contributed by atoms with Gasteiger partial charge in [0.05, 0.1) is 0 Å². The van der Waals surface area contributed by atoms with E-state index in [0.717, 1.165) is 11.3 Å². The van der Waals surface area contributed by atoms with Crippen LogP contribution in [0, 0.1) is 0 Å². The summed E-state index contributed by atoms with van der Waals surface area (Å²) < 4.78 is 5.06. The predicted molar refractivity (Wildman–Crippen MR) is 44.7 cm³/mol. The molecule has 1 aliphatic carbocycles. The highest BCUT2D eigenvalue weighted by molar-refractivity contribution is 6.46. The van der Waals surface area contributed by atoms with Gasteiger partial charge in [0.15, 0.2) is 0 Å². The minimum absolute atomic E-state index is 0.115. The molecule has 4 nitrogen and oxygen atoms in total. The average molecular weight is 179 g/mol. The number of methoxy groups -OCH3 is 1. The molecule has 0 bridgehead atoms. The average Bonchev–Trinajstić information content (AvgIpc) is 2.48. The number of rotatable bonds is 1. The van der Waals surface area contributed by atoms with E-state index in [9.17, 15) is 9.59 Å². The maximum Gasteiger partial charge on any atom is 0.227 e. The van der Waals surface area contributed by atoms with E-state index in [-0.39, 0.29) is 6.23 Å². The highest BCUT2D eigenvalue weighted by atomic mass is 16.5. The van der Waals surface area contributed by atoms with Gasteiger partial charge in [-0.05, 0) is 11.6 Å². The van der Waals surface area contributed by atoms with Crippen LogP contribution in [0.25, 0.3) is 0 Å². The molecule has 1 N–H and O–H groups in total. The highest BCUT2D eigenvalue weighted by Crippen LogP contribution is 2.25. The van der Waals surface area contributed by atoms with Gasteiger partial charge in [-0.2, -0.15) is 0 Å². The van der Waals surface area contributed by atoms with Gasteiger partial charge in [-0.15, -0.1) is 0 Å². The summed E-state index contributed by atoms with van der Waals surface area (Å²) in [4.78, 5) is 22.0. The lowest BCUT2D eigenvalue weighted by atomic mass is 10.0. The first-order valence-electron chi connectivity index (χ1n) is 4.01. The van der Waals surface area contributed by atoms with Crippen molar-refractivity contribution in [2.45, 2.75) is 12.6 Å². The van der Waals surface area contributed by atoms with Crippen LogP contribution in [0.3, 0.4) is 0 Å². The molecule has 0 saturated carbocycles. The molecule has 2 rings (SSSR count). The molecule has 0 aromatic rings. The predicted octanol–water partition coefficient (Wildman–Crippen LogP) is -0.0857. The van der Waals surface area contributed by atoms with Crippen LogP contribution in [0.2, 0.25) is 0 Å². The summed E-state index contributed by atoms with van der Waals surface area (Å²) in [5.74, 6) is -0.916. The van der Waals surface area contributed by atoms with Crippen molar-refractivity contribution in [1.82, 2.24) is 5.32 Å². The van der Waals surface area contributed by atoms with E-state index in [4.69, 9.17) is 4.74 Å². The van der Waals surface area contributed by atoms with Crippen LogP contribution >= 0.6 is 0 Å². The van der Waals surface area contributed by atoms with Gasteiger partial charge in [-0.1, -0.05) is 0 Å². The van der Waals surface area contributed by atoms with Gasteiger partial charge in [-0.3, -0.25) is 9.59 Å². The van der Waals surface area contributed by atoms with Crippen LogP contribution in [0.5, 0.6) is 0 Å². The third kappa shape index (κ3) is 1.29. The molecule has 1 heterocycles. The van der Waals surface area contributed by atoms with Crippen LogP contribution in [0.15, 0.2) is 23.4 Å². The molecule has 13 heavy (non-hydrogen) atoms. The summed E-state index contributed by atoms with van der Waals surface area (Å²) in [7, 11) is 1.58. The molecule has 1 saturated heterocycles. The quantitative estimate of drug-likeness (QED) is 0.451. The van der Waals surface area contributed by atoms with Crippen molar-refractivity contribution in [1.29, 1.82) is 0 Å². The van der Waals surface area contributed by atoms with E-state index in [1.807, 2.05) is 0 Å². The van der Waals surface area contributed by atoms with Crippen molar-refractivity contribution >= 4 is 11.6 Å². The zero-order valence-electron chi connectivity index (χ0n) is 7.16. The van der Waals surface area contributed by atoms with Crippen molar-refractivity contribution < 1.29 is 14.3 Å². The third-order valence-electron chi connectivity index (χ3n) is 2.18. The topological polar surface area (TPSA) is 55.4 Å². The molecule has 2 aliphatic rings. The number of ketones is 2. The maximum atomic E-state index is 11.0. The fourth-order valence-corrected chi connectivity index (χ4v) is 1.47. The van der Waals surface area contributed by atoms with E-state index in [1.165, 1.54) is 12.2 Å². The van der Waals surface area contributed by atoms with E-state index in [2.05, 4.69) is 5.32 Å². The number of ether oxygens (including phenoxy) is 1. The Balaban J connectivity index is 2.30. The Morgan fingerprint density at radius 1 is 1.38 bits per heavy atom. The monoisotopic (exact) mass is 179 g/mol. The van der Waals surface area contributed by atoms with Crippen LogP contribution in [-0.4, -0.2) is 24.9 Å². The van der Waals surface area contributed by atoms with Crippen molar-refractivity contribution in [3.05, 3.63) is 23.4 Å². The number of allylic oxidation sites excluding steroid dienone is 3. The molecule has 0 aromatic carbocycles. The van der Waals surface area contributed by atoms with Gasteiger partial charge in [0.25, 0.3) is 0 Å². The fourth-order valence-electron chi connectivity index (χ4n) is 1.47. The number of hydrogen-bond acceptors (Lipinski definition) is 4. The van der Waals surface area contributed by atoms with Crippen LogP contribution < -0.4 is 5.32 Å². The van der Waals surface area contributed by atoms with Crippen molar-refractivity contribution in [3.63, 3.8) is 0 Å². The first-order valence-corrected chi connectivity index (χ1v) is 4.01. The molecule has 1 fully saturated rings. The van der Waals surface area contributed by atoms with Gasteiger partial charge >= 0.3 is 0 Å². The van der Waals surface area contributed by atoms with Crippen LogP contribution in [0.4, 0.5) is 0 Å². The molecule has 0 spiro atoms. The SMILES string of the molecule is COC1CC2=CC(=O)C(=O)C=C2N1. The summed E-state index contributed by atoms with van der Waals surface area (Å²) >= 11 is 0. The Morgan fingerprint density at radius 2 is 2.08 bits per heavy atom. The van der Waals surface area contributed by atoms with E-state index in [1.54, 1.807) is 7.11 Å². The maximum absolute atomic E-state index is 11.0. The van der Waals surface area contributed by atoms with Gasteiger partial charge < -0.3 is 10.1 Å². The van der Waals surface area contributed by atoms with E-state index < -0.39 is 11.6 Å². The Bertz CT molecular complexity index is 309. The first-order chi connectivity index (χ1) is 6.20. The molecule has 0 aromatic heterocycles. The standard InChI is InChI=1S/C9H9NO3/c1-13-9-3-5-2-7(11)8(12)4-6(5)10-9/h2,4,9-10H,3H2,1H3. The number of nitrogens with one attached hydrogen (secondary N) is 1. The molecule has 68 valence electrons. The first kappa shape index (κ1) is 8.19. The van der Waals surface area contributed by atoms with Crippen LogP contribution in [-0.2, 0) is 14.3 Å². The van der Waals surface area contributed by atoms with E-state index >= 15 is 0 Å². The summed E-state index contributed by atoms with van der Waals surface area (Å²) in [5, 5.41) is 2.99. The Hall–Kier alpha value is -1.42. The highest BCUT2D eigenvalue weighted by Gasteiger charge is 2.28. The smallest absolute Gasteiger partial charge is 0.227 e. The largest absolute Gasteiger partial charge is 0.361 e. The number of carbonyl (C=O) groups excluding carboxylic acids is 2. The van der Waals surface area contributed by atoms with Gasteiger partial charge in [0, 0.05) is 25.3 Å². The Labute approximate surface area is 75.3 Å². The van der Waals surface area contributed by atoms with Gasteiger partial charge in [0.2, 0.25) is 11.6 Å². The molecule has 1 unspecified atom stereocenters. The van der Waals surface area contributed by atoms with Gasteiger partial charge in [0.1, 0.15) is 6.23 Å². The summed E-state index contributed by atoms with van der Waals surface area (Å²) in [6.45, 7) is 0. The molecule has 1 atom stereocenters. The minimum atomic E-state index is -0.469. The zero-order chi connectivity index (χ0) is 9.42. The van der Waals surface area contributed by atoms with Crippen molar-refractivity contribution in [2.75, 3.05) is 7.11 Å². The summed E-state index contributed by atoms with van der Waals surface area (Å²) in [5.41, 5.74) is 1.58. The van der Waals surface area contributed by atoms with Crippen molar-refractivity contribution in [3.8, 4) is 0 Å². The molecular formula is C9H9NO3. The lowest BCUT2D eigenvalue weighted by molar-refractivity contribution is -0.131. The third-order valence-corrected chi connectivity index (χ3v) is 2.18. The molecule has 0 amide bonds. The second-order valence-corrected chi connectivity index (χ2v) is 3.03. The summed E-state index contributed by atoms with van der Waals surface area (Å²) in [6, 6.07) is 0. The number of fused-ring (bicyclic) bond motifs is 1.